The fraction of sp³-hybridized carbons (Fsp3) is 0.0909. The second-order valence-corrected chi connectivity index (χ2v) is 10.6. The summed E-state index contributed by atoms with van der Waals surface area (Å²) < 4.78 is 30.7. The van der Waals surface area contributed by atoms with Crippen LogP contribution in [0.25, 0.3) is 9.88 Å². The van der Waals surface area contributed by atoms with Gasteiger partial charge in [0.15, 0.2) is 5.01 Å². The molecule has 0 aliphatic rings. The van der Waals surface area contributed by atoms with Crippen molar-refractivity contribution in [2.45, 2.75) is 11.3 Å². The van der Waals surface area contributed by atoms with Crippen LogP contribution >= 0.6 is 22.7 Å². The molecule has 2 heterocycles. The number of nitrogens with zero attached hydrogens (tertiary/aromatic N) is 4. The predicted molar refractivity (Wildman–Crippen MR) is 132 cm³/mol. The molecule has 0 aliphatic heterocycles. The lowest BCUT2D eigenvalue weighted by molar-refractivity contribution is -0.384. The highest BCUT2D eigenvalue weighted by atomic mass is 32.2. The number of rotatable bonds is 9. The number of aromatic nitrogens is 2. The third kappa shape index (κ3) is 5.71. The number of nitriles is 1. The maximum absolute atomic E-state index is 12.7. The highest BCUT2D eigenvalue weighted by Crippen LogP contribution is 2.30. The lowest BCUT2D eigenvalue weighted by Crippen LogP contribution is -2.23. The Morgan fingerprint density at radius 3 is 2.56 bits per heavy atom. The van der Waals surface area contributed by atoms with Gasteiger partial charge in [0, 0.05) is 18.6 Å². The molecule has 0 saturated carbocycles. The van der Waals surface area contributed by atoms with Gasteiger partial charge in [-0.3, -0.25) is 20.2 Å². The van der Waals surface area contributed by atoms with Gasteiger partial charge in [0.05, 0.1) is 15.9 Å². The van der Waals surface area contributed by atoms with Crippen molar-refractivity contribution in [1.29, 1.82) is 5.26 Å². The fourth-order valence-electron chi connectivity index (χ4n) is 3.04. The van der Waals surface area contributed by atoms with Crippen molar-refractivity contribution in [1.82, 2.24) is 10.2 Å². The van der Waals surface area contributed by atoms with Gasteiger partial charge in [0.25, 0.3) is 5.69 Å². The van der Waals surface area contributed by atoms with Crippen LogP contribution in [0.15, 0.2) is 70.9 Å². The van der Waals surface area contributed by atoms with Gasteiger partial charge in [-0.05, 0) is 35.2 Å². The molecule has 0 radical (unpaired) electrons. The summed E-state index contributed by atoms with van der Waals surface area (Å²) in [6.07, 6.45) is -0.134. The first-order chi connectivity index (χ1) is 17.3. The monoisotopic (exact) mass is 541 g/mol. The average Bonchev–Trinajstić information content (AvgIpc) is 3.55. The zero-order valence-corrected chi connectivity index (χ0v) is 20.5. The highest BCUT2D eigenvalue weighted by Gasteiger charge is 2.24. The van der Waals surface area contributed by atoms with Crippen LogP contribution in [0.5, 0.6) is 5.75 Å². The maximum atomic E-state index is 12.7. The zero-order chi connectivity index (χ0) is 25.7. The summed E-state index contributed by atoms with van der Waals surface area (Å²) in [5.41, 5.74) is 0.0383. The zero-order valence-electron chi connectivity index (χ0n) is 18.1. The minimum absolute atomic E-state index is 0.0696. The number of hydrogen-bond acceptors (Lipinski definition) is 11. The molecule has 1 N–H and O–H groups in total. The predicted octanol–water partition coefficient (Wildman–Crippen LogP) is 4.26. The third-order valence-corrected chi connectivity index (χ3v) is 7.92. The SMILES string of the molecule is N#CC(Cc1ccccc1OS(=O)(=O)c1ccc([N+](=O)[O-])cc1)C(=O)Nc1nnc(-c2cccs2)s1. The normalized spacial score (nSPS) is 11.9. The van der Waals surface area contributed by atoms with Crippen LogP contribution in [-0.2, 0) is 21.3 Å². The van der Waals surface area contributed by atoms with Crippen LogP contribution in [0, 0.1) is 27.4 Å². The van der Waals surface area contributed by atoms with E-state index in [1.807, 2.05) is 23.6 Å². The molecule has 0 spiro atoms. The van der Waals surface area contributed by atoms with E-state index in [4.69, 9.17) is 4.18 Å². The highest BCUT2D eigenvalue weighted by molar-refractivity contribution is 7.87. The Labute approximate surface area is 212 Å². The molecule has 4 rings (SSSR count). The van der Waals surface area contributed by atoms with E-state index >= 15 is 0 Å². The van der Waals surface area contributed by atoms with E-state index in [9.17, 15) is 28.6 Å². The Balaban J connectivity index is 1.48. The van der Waals surface area contributed by atoms with E-state index in [0.29, 0.717) is 10.6 Å². The number of anilines is 1. The molecule has 0 aliphatic carbocycles. The van der Waals surface area contributed by atoms with Crippen LogP contribution in [0.3, 0.4) is 0 Å². The van der Waals surface area contributed by atoms with Crippen LogP contribution in [-0.4, -0.2) is 29.4 Å². The van der Waals surface area contributed by atoms with E-state index in [2.05, 4.69) is 15.5 Å². The van der Waals surface area contributed by atoms with Gasteiger partial charge < -0.3 is 4.18 Å². The molecule has 4 aromatic rings. The molecule has 2 aromatic heterocycles. The molecule has 0 saturated heterocycles. The second-order valence-electron chi connectivity index (χ2n) is 7.16. The van der Waals surface area contributed by atoms with Crippen LogP contribution < -0.4 is 9.50 Å². The Hall–Kier alpha value is -4.19. The standard InChI is InChI=1S/C22H15N5O6S3/c23-13-15(20(28)24-22-26-25-21(35-22)19-6-3-11-34-19)12-14-4-1-2-5-18(14)33-36(31,32)17-9-7-16(8-10-17)27(29)30/h1-11,15H,12H2,(H,24,26,28). The van der Waals surface area contributed by atoms with Crippen molar-refractivity contribution < 1.29 is 22.3 Å². The smallest absolute Gasteiger partial charge is 0.339 e. The molecule has 1 atom stereocenters. The van der Waals surface area contributed by atoms with Crippen molar-refractivity contribution in [3.05, 3.63) is 81.7 Å². The van der Waals surface area contributed by atoms with E-state index in [0.717, 1.165) is 29.1 Å². The Morgan fingerprint density at radius 2 is 1.89 bits per heavy atom. The largest absolute Gasteiger partial charge is 0.379 e. The number of nitrogens with one attached hydrogen (secondary N) is 1. The number of hydrogen-bond donors (Lipinski definition) is 1. The summed E-state index contributed by atoms with van der Waals surface area (Å²) >= 11 is 2.64. The third-order valence-electron chi connectivity index (χ3n) is 4.79. The van der Waals surface area contributed by atoms with Gasteiger partial charge in [-0.2, -0.15) is 13.7 Å². The Kier molecular flexibility index (Phi) is 7.34. The maximum Gasteiger partial charge on any atom is 0.339 e. The van der Waals surface area contributed by atoms with Gasteiger partial charge >= 0.3 is 10.1 Å². The molecular formula is C22H15N5O6S3. The first-order valence-electron chi connectivity index (χ1n) is 10.1. The molecule has 36 heavy (non-hydrogen) atoms. The Morgan fingerprint density at radius 1 is 1.14 bits per heavy atom. The number of thiophene rings is 1. The number of para-hydroxylation sites is 1. The van der Waals surface area contributed by atoms with Gasteiger partial charge in [-0.25, -0.2) is 0 Å². The number of carbonyl (C=O) groups excluding carboxylic acids is 1. The summed E-state index contributed by atoms with van der Waals surface area (Å²) in [4.78, 5) is 23.5. The van der Waals surface area contributed by atoms with Gasteiger partial charge in [0.2, 0.25) is 11.0 Å². The molecule has 0 fully saturated rings. The van der Waals surface area contributed by atoms with Gasteiger partial charge in [0.1, 0.15) is 16.6 Å². The van der Waals surface area contributed by atoms with Gasteiger partial charge in [-0.1, -0.05) is 35.6 Å². The minimum Gasteiger partial charge on any atom is -0.379 e. The van der Waals surface area contributed by atoms with Crippen molar-refractivity contribution in [2.24, 2.45) is 5.92 Å². The average molecular weight is 542 g/mol. The molecule has 2 aromatic carbocycles. The van der Waals surface area contributed by atoms with E-state index in [-0.39, 0.29) is 27.9 Å². The molecule has 1 amide bonds. The number of benzene rings is 2. The Bertz CT molecular complexity index is 1540. The van der Waals surface area contributed by atoms with Crippen molar-refractivity contribution in [3.63, 3.8) is 0 Å². The molecule has 182 valence electrons. The first-order valence-corrected chi connectivity index (χ1v) is 13.2. The van der Waals surface area contributed by atoms with Crippen molar-refractivity contribution in [3.8, 4) is 21.7 Å². The van der Waals surface area contributed by atoms with E-state index in [1.54, 1.807) is 12.1 Å². The van der Waals surface area contributed by atoms with Gasteiger partial charge in [-0.15, -0.1) is 21.5 Å². The lowest BCUT2D eigenvalue weighted by Gasteiger charge is -2.13. The molecule has 11 nitrogen and oxygen atoms in total. The summed E-state index contributed by atoms with van der Waals surface area (Å²) in [6.45, 7) is 0. The first kappa shape index (κ1) is 24.9. The summed E-state index contributed by atoms with van der Waals surface area (Å²) in [5.74, 6) is -1.87. The van der Waals surface area contributed by atoms with Crippen molar-refractivity contribution >= 4 is 49.5 Å². The summed E-state index contributed by atoms with van der Waals surface area (Å²) in [5, 5.41) is 33.7. The second kappa shape index (κ2) is 10.6. The van der Waals surface area contributed by atoms with E-state index in [1.165, 1.54) is 34.8 Å². The number of carbonyl (C=O) groups is 1. The summed E-state index contributed by atoms with van der Waals surface area (Å²) in [6, 6.07) is 16.0. The minimum atomic E-state index is -4.33. The molecule has 0 bridgehead atoms. The fourth-order valence-corrected chi connectivity index (χ4v) is 5.54. The number of nitro groups is 1. The van der Waals surface area contributed by atoms with E-state index < -0.39 is 26.9 Å². The summed E-state index contributed by atoms with van der Waals surface area (Å²) in [7, 11) is -4.33. The number of amides is 1. The van der Waals surface area contributed by atoms with Crippen LogP contribution in [0.2, 0.25) is 0 Å². The number of non-ortho nitro benzene ring substituents is 1. The lowest BCUT2D eigenvalue weighted by atomic mass is 9.99. The van der Waals surface area contributed by atoms with Crippen LogP contribution in [0.1, 0.15) is 5.56 Å². The number of nitro benzene ring substituents is 1. The molecule has 1 unspecified atom stereocenters. The van der Waals surface area contributed by atoms with Crippen molar-refractivity contribution in [2.75, 3.05) is 5.32 Å². The quantitative estimate of drug-likeness (QED) is 0.185. The van der Waals surface area contributed by atoms with Crippen LogP contribution in [0.4, 0.5) is 10.8 Å². The molecular weight excluding hydrogens is 526 g/mol. The topological polar surface area (TPSA) is 165 Å². The molecule has 14 heteroatoms.